The molecule has 0 saturated carbocycles. The first kappa shape index (κ1) is 17.7. The first-order valence-electron chi connectivity index (χ1n) is 9.37. The average molecular weight is 403 g/mol. The number of fused-ring (bicyclic) bond motifs is 2. The summed E-state index contributed by atoms with van der Waals surface area (Å²) in [6.45, 7) is 0. The van der Waals surface area contributed by atoms with Gasteiger partial charge in [0.25, 0.3) is 5.91 Å². The Morgan fingerprint density at radius 2 is 1.86 bits per heavy atom. The molecule has 29 heavy (non-hydrogen) atoms. The molecule has 2 heterocycles. The van der Waals surface area contributed by atoms with Gasteiger partial charge in [-0.2, -0.15) is 0 Å². The molecule has 1 aliphatic rings. The fourth-order valence-electron chi connectivity index (χ4n) is 3.87. The number of thiophene rings is 1. The van der Waals surface area contributed by atoms with Crippen molar-refractivity contribution in [2.75, 3.05) is 5.32 Å². The molecule has 2 aromatic carbocycles. The van der Waals surface area contributed by atoms with Crippen LogP contribution in [-0.2, 0) is 12.8 Å². The van der Waals surface area contributed by atoms with Gasteiger partial charge >= 0.3 is 5.97 Å². The lowest BCUT2D eigenvalue weighted by Crippen LogP contribution is -2.12. The third kappa shape index (κ3) is 3.11. The van der Waals surface area contributed by atoms with E-state index in [9.17, 15) is 14.7 Å². The first-order valence-corrected chi connectivity index (χ1v) is 10.2. The third-order valence-corrected chi connectivity index (χ3v) is 6.19. The Hall–Kier alpha value is -3.38. The van der Waals surface area contributed by atoms with Gasteiger partial charge < -0.3 is 14.8 Å². The van der Waals surface area contributed by atoms with Crippen molar-refractivity contribution < 1.29 is 19.1 Å². The van der Waals surface area contributed by atoms with E-state index in [1.165, 1.54) is 22.5 Å². The first-order chi connectivity index (χ1) is 14.1. The second kappa shape index (κ2) is 6.90. The summed E-state index contributed by atoms with van der Waals surface area (Å²) in [6.07, 6.45) is 3.22. The highest BCUT2D eigenvalue weighted by Gasteiger charge is 2.23. The van der Waals surface area contributed by atoms with E-state index in [0.717, 1.165) is 30.2 Å². The zero-order valence-electron chi connectivity index (χ0n) is 15.4. The van der Waals surface area contributed by atoms with Crippen molar-refractivity contribution in [3.8, 4) is 11.1 Å². The normalized spacial score (nSPS) is 12.8. The molecule has 1 aliphatic carbocycles. The van der Waals surface area contributed by atoms with Crippen LogP contribution >= 0.6 is 11.3 Å². The quantitative estimate of drug-likeness (QED) is 0.465. The van der Waals surface area contributed by atoms with Gasteiger partial charge in [0, 0.05) is 16.3 Å². The Morgan fingerprint density at radius 3 is 2.69 bits per heavy atom. The maximum absolute atomic E-state index is 12.7. The SMILES string of the molecule is O=C(Nc1scc(-c2ccc3c(c2)CCC3)c1C(=O)O)c1cc2ccccc2o1. The number of anilines is 1. The Kier molecular flexibility index (Phi) is 4.21. The lowest BCUT2D eigenvalue weighted by atomic mass is 9.99. The number of para-hydroxylation sites is 1. The van der Waals surface area contributed by atoms with Crippen molar-refractivity contribution in [1.82, 2.24) is 0 Å². The number of aromatic carboxylic acids is 1. The average Bonchev–Trinajstić information content (AvgIpc) is 3.44. The number of carboxylic acids is 1. The molecule has 2 N–H and O–H groups in total. The fourth-order valence-corrected chi connectivity index (χ4v) is 4.83. The summed E-state index contributed by atoms with van der Waals surface area (Å²) in [4.78, 5) is 24.7. The highest BCUT2D eigenvalue weighted by atomic mass is 32.1. The molecule has 5 nitrogen and oxygen atoms in total. The lowest BCUT2D eigenvalue weighted by molar-refractivity contribution is 0.0699. The van der Waals surface area contributed by atoms with E-state index in [0.29, 0.717) is 16.1 Å². The second-order valence-electron chi connectivity index (χ2n) is 7.10. The number of hydrogen-bond donors (Lipinski definition) is 2. The Labute approximate surface area is 170 Å². The number of benzene rings is 2. The van der Waals surface area contributed by atoms with Gasteiger partial charge in [-0.15, -0.1) is 11.3 Å². The van der Waals surface area contributed by atoms with Crippen LogP contribution < -0.4 is 5.32 Å². The molecule has 0 unspecified atom stereocenters. The minimum absolute atomic E-state index is 0.109. The van der Waals surface area contributed by atoms with Crippen molar-refractivity contribution in [2.24, 2.45) is 0 Å². The molecule has 1 amide bonds. The molecular weight excluding hydrogens is 386 g/mol. The molecule has 0 saturated heterocycles. The molecule has 5 rings (SSSR count). The molecule has 2 aromatic heterocycles. The van der Waals surface area contributed by atoms with Crippen LogP contribution in [0.15, 0.2) is 58.3 Å². The van der Waals surface area contributed by atoms with Crippen molar-refractivity contribution >= 4 is 39.2 Å². The highest BCUT2D eigenvalue weighted by Crippen LogP contribution is 2.37. The van der Waals surface area contributed by atoms with Gasteiger partial charge in [-0.3, -0.25) is 4.79 Å². The van der Waals surface area contributed by atoms with Crippen LogP contribution in [0.1, 0.15) is 38.5 Å². The van der Waals surface area contributed by atoms with E-state index in [2.05, 4.69) is 17.4 Å². The minimum Gasteiger partial charge on any atom is -0.478 e. The fraction of sp³-hybridized carbons (Fsp3) is 0.130. The maximum Gasteiger partial charge on any atom is 0.339 e. The van der Waals surface area contributed by atoms with E-state index in [1.54, 1.807) is 17.5 Å². The lowest BCUT2D eigenvalue weighted by Gasteiger charge is -2.07. The van der Waals surface area contributed by atoms with Crippen LogP contribution in [-0.4, -0.2) is 17.0 Å². The summed E-state index contributed by atoms with van der Waals surface area (Å²) in [7, 11) is 0. The molecular formula is C23H17NO4S. The number of furan rings is 1. The van der Waals surface area contributed by atoms with Crippen molar-refractivity contribution in [3.63, 3.8) is 0 Å². The van der Waals surface area contributed by atoms with Crippen LogP contribution in [0, 0.1) is 0 Å². The number of nitrogens with one attached hydrogen (secondary N) is 1. The van der Waals surface area contributed by atoms with Crippen LogP contribution in [0.2, 0.25) is 0 Å². The van der Waals surface area contributed by atoms with Gasteiger partial charge in [0.15, 0.2) is 5.76 Å². The summed E-state index contributed by atoms with van der Waals surface area (Å²) in [5.41, 5.74) is 4.82. The summed E-state index contributed by atoms with van der Waals surface area (Å²) in [5, 5.41) is 15.4. The van der Waals surface area contributed by atoms with Crippen LogP contribution in [0.3, 0.4) is 0 Å². The molecule has 0 fully saturated rings. The van der Waals surface area contributed by atoms with Crippen LogP contribution in [0.25, 0.3) is 22.1 Å². The number of rotatable bonds is 4. The van der Waals surface area contributed by atoms with Gasteiger partial charge in [0.05, 0.1) is 0 Å². The van der Waals surface area contributed by atoms with Crippen molar-refractivity contribution in [3.05, 3.63) is 76.4 Å². The Morgan fingerprint density at radius 1 is 1.03 bits per heavy atom. The summed E-state index contributed by atoms with van der Waals surface area (Å²) in [5.74, 6) is -1.39. The van der Waals surface area contributed by atoms with Gasteiger partial charge in [-0.05, 0) is 48.1 Å². The number of carbonyl (C=O) groups is 2. The molecule has 0 spiro atoms. The minimum atomic E-state index is -1.07. The Bertz CT molecular complexity index is 1230. The zero-order valence-corrected chi connectivity index (χ0v) is 16.2. The third-order valence-electron chi connectivity index (χ3n) is 5.29. The Balaban J connectivity index is 1.49. The summed E-state index contributed by atoms with van der Waals surface area (Å²) in [6, 6.07) is 15.1. The number of hydrogen-bond acceptors (Lipinski definition) is 4. The van der Waals surface area contributed by atoms with Gasteiger partial charge in [-0.25, -0.2) is 4.79 Å². The van der Waals surface area contributed by atoms with E-state index in [-0.39, 0.29) is 11.3 Å². The van der Waals surface area contributed by atoms with E-state index in [1.807, 2.05) is 24.3 Å². The topological polar surface area (TPSA) is 79.5 Å². The molecule has 6 heteroatoms. The number of carbonyl (C=O) groups excluding carboxylic acids is 1. The maximum atomic E-state index is 12.7. The van der Waals surface area contributed by atoms with Crippen LogP contribution in [0.5, 0.6) is 0 Å². The molecule has 144 valence electrons. The summed E-state index contributed by atoms with van der Waals surface area (Å²) < 4.78 is 5.59. The molecule has 0 radical (unpaired) electrons. The van der Waals surface area contributed by atoms with Crippen LogP contribution in [0.4, 0.5) is 5.00 Å². The molecule has 0 atom stereocenters. The predicted octanol–water partition coefficient (Wildman–Crippen LogP) is 5.60. The number of carboxylic acid groups (broad SMARTS) is 1. The number of aryl methyl sites for hydroxylation is 2. The molecule has 0 aliphatic heterocycles. The second-order valence-corrected chi connectivity index (χ2v) is 7.98. The summed E-state index contributed by atoms with van der Waals surface area (Å²) >= 11 is 1.21. The van der Waals surface area contributed by atoms with Gasteiger partial charge in [-0.1, -0.05) is 36.4 Å². The van der Waals surface area contributed by atoms with Gasteiger partial charge in [0.2, 0.25) is 0 Å². The van der Waals surface area contributed by atoms with E-state index in [4.69, 9.17) is 4.42 Å². The van der Waals surface area contributed by atoms with Crippen molar-refractivity contribution in [1.29, 1.82) is 0 Å². The smallest absolute Gasteiger partial charge is 0.339 e. The standard InChI is InChI=1S/C23H17NO4S/c25-21(19-11-16-4-1-2-7-18(16)28-19)24-22-20(23(26)27)17(12-29-22)15-9-8-13-5-3-6-14(13)10-15/h1-2,4,7-12H,3,5-6H2,(H,24,25)(H,26,27). The molecule has 4 aromatic rings. The predicted molar refractivity (Wildman–Crippen MR) is 113 cm³/mol. The zero-order chi connectivity index (χ0) is 20.0. The van der Waals surface area contributed by atoms with E-state index < -0.39 is 11.9 Å². The van der Waals surface area contributed by atoms with Crippen molar-refractivity contribution in [2.45, 2.75) is 19.3 Å². The largest absolute Gasteiger partial charge is 0.478 e. The number of amides is 1. The van der Waals surface area contributed by atoms with Gasteiger partial charge in [0.1, 0.15) is 16.1 Å². The monoisotopic (exact) mass is 403 g/mol. The molecule has 0 bridgehead atoms. The van der Waals surface area contributed by atoms with E-state index >= 15 is 0 Å². The highest BCUT2D eigenvalue weighted by molar-refractivity contribution is 7.15.